The third-order valence-corrected chi connectivity index (χ3v) is 3.20. The third kappa shape index (κ3) is 4.22. The number of anilines is 1. The maximum absolute atomic E-state index is 13.0. The molecular formula is C14H16F2N2O3. The third-order valence-electron chi connectivity index (χ3n) is 3.20. The van der Waals surface area contributed by atoms with Gasteiger partial charge in [0.05, 0.1) is 26.1 Å². The van der Waals surface area contributed by atoms with Crippen LogP contribution < -0.4 is 10.6 Å². The van der Waals surface area contributed by atoms with Crippen molar-refractivity contribution in [2.45, 2.75) is 24.8 Å². The number of rotatable bonds is 4. The second-order valence-electron chi connectivity index (χ2n) is 4.94. The lowest BCUT2D eigenvalue weighted by atomic mass is 10.1. The standard InChI is InChI=1S/C14H16F2N2O3/c1-21-12(19)6-9-3-2-4-10(5-9)18-13(20)11-7-14(15,16)8-17-11/h2-5,11,17H,6-8H2,1H3,(H,18,20). The number of esters is 1. The number of hydrogen-bond donors (Lipinski definition) is 2. The van der Waals surface area contributed by atoms with Gasteiger partial charge in [0.15, 0.2) is 0 Å². The average molecular weight is 298 g/mol. The summed E-state index contributed by atoms with van der Waals surface area (Å²) in [5.41, 5.74) is 1.13. The van der Waals surface area contributed by atoms with Crippen molar-refractivity contribution in [2.24, 2.45) is 0 Å². The van der Waals surface area contributed by atoms with Crippen molar-refractivity contribution in [2.75, 3.05) is 19.0 Å². The second-order valence-corrected chi connectivity index (χ2v) is 4.94. The van der Waals surface area contributed by atoms with E-state index in [4.69, 9.17) is 0 Å². The predicted octanol–water partition coefficient (Wildman–Crippen LogP) is 1.34. The van der Waals surface area contributed by atoms with Crippen LogP contribution in [0.15, 0.2) is 24.3 Å². The Kier molecular flexibility index (Phi) is 4.52. The molecule has 7 heteroatoms. The van der Waals surface area contributed by atoms with E-state index in [0.29, 0.717) is 11.3 Å². The number of benzene rings is 1. The van der Waals surface area contributed by atoms with Crippen molar-refractivity contribution in [3.63, 3.8) is 0 Å². The highest BCUT2D eigenvalue weighted by molar-refractivity contribution is 5.95. The van der Waals surface area contributed by atoms with E-state index in [-0.39, 0.29) is 6.42 Å². The summed E-state index contributed by atoms with van der Waals surface area (Å²) >= 11 is 0. The molecule has 2 rings (SSSR count). The number of halogens is 2. The summed E-state index contributed by atoms with van der Waals surface area (Å²) in [6.45, 7) is -0.493. The zero-order valence-corrected chi connectivity index (χ0v) is 11.5. The fourth-order valence-electron chi connectivity index (χ4n) is 2.13. The SMILES string of the molecule is COC(=O)Cc1cccc(NC(=O)C2CC(F)(F)CN2)c1. The monoisotopic (exact) mass is 298 g/mol. The van der Waals surface area contributed by atoms with E-state index < -0.39 is 36.8 Å². The van der Waals surface area contributed by atoms with E-state index >= 15 is 0 Å². The summed E-state index contributed by atoms with van der Waals surface area (Å²) in [6, 6.07) is 5.72. The highest BCUT2D eigenvalue weighted by Gasteiger charge is 2.42. The van der Waals surface area contributed by atoms with Crippen molar-refractivity contribution < 1.29 is 23.1 Å². The van der Waals surface area contributed by atoms with Gasteiger partial charge >= 0.3 is 5.97 Å². The number of amides is 1. The van der Waals surface area contributed by atoms with Gasteiger partial charge in [-0.1, -0.05) is 12.1 Å². The van der Waals surface area contributed by atoms with Gasteiger partial charge in [0.2, 0.25) is 5.91 Å². The fraction of sp³-hybridized carbons (Fsp3) is 0.429. The molecule has 1 saturated heterocycles. The molecule has 1 aliphatic heterocycles. The van der Waals surface area contributed by atoms with Crippen molar-refractivity contribution in [1.29, 1.82) is 0 Å². The van der Waals surface area contributed by atoms with Crippen LogP contribution in [0.2, 0.25) is 0 Å². The Bertz CT molecular complexity index is 549. The number of methoxy groups -OCH3 is 1. The Morgan fingerprint density at radius 3 is 2.86 bits per heavy atom. The molecule has 1 aliphatic rings. The Hall–Kier alpha value is -2.02. The first-order chi connectivity index (χ1) is 9.89. The molecule has 1 atom stereocenters. The van der Waals surface area contributed by atoms with Crippen molar-refractivity contribution in [3.05, 3.63) is 29.8 Å². The van der Waals surface area contributed by atoms with E-state index in [1.165, 1.54) is 7.11 Å². The zero-order chi connectivity index (χ0) is 15.5. The molecule has 1 aromatic carbocycles. The van der Waals surface area contributed by atoms with E-state index in [1.54, 1.807) is 24.3 Å². The minimum atomic E-state index is -2.85. The lowest BCUT2D eigenvalue weighted by Crippen LogP contribution is -2.35. The van der Waals surface area contributed by atoms with Crippen LogP contribution in [0.1, 0.15) is 12.0 Å². The number of nitrogens with one attached hydrogen (secondary N) is 2. The first kappa shape index (κ1) is 15.4. The number of carbonyl (C=O) groups is 2. The van der Waals surface area contributed by atoms with E-state index in [2.05, 4.69) is 15.4 Å². The Morgan fingerprint density at radius 1 is 1.48 bits per heavy atom. The molecule has 114 valence electrons. The molecule has 0 aliphatic carbocycles. The largest absolute Gasteiger partial charge is 0.469 e. The van der Waals surface area contributed by atoms with Gasteiger partial charge in [-0.15, -0.1) is 0 Å². The lowest BCUT2D eigenvalue weighted by Gasteiger charge is -2.12. The minimum Gasteiger partial charge on any atom is -0.469 e. The molecule has 0 radical (unpaired) electrons. The Morgan fingerprint density at radius 2 is 2.24 bits per heavy atom. The van der Waals surface area contributed by atoms with Gasteiger partial charge in [-0.25, -0.2) is 8.78 Å². The Labute approximate surface area is 120 Å². The normalized spacial score (nSPS) is 20.0. The Balaban J connectivity index is 1.98. The van der Waals surface area contributed by atoms with E-state index in [1.807, 2.05) is 0 Å². The molecule has 1 fully saturated rings. The van der Waals surface area contributed by atoms with Gasteiger partial charge in [0.25, 0.3) is 5.92 Å². The van der Waals surface area contributed by atoms with Gasteiger partial charge < -0.3 is 10.1 Å². The van der Waals surface area contributed by atoms with Crippen LogP contribution in [0, 0.1) is 0 Å². The number of alkyl halides is 2. The molecule has 2 N–H and O–H groups in total. The van der Waals surface area contributed by atoms with Gasteiger partial charge in [-0.3, -0.25) is 14.9 Å². The molecule has 1 unspecified atom stereocenters. The maximum Gasteiger partial charge on any atom is 0.309 e. The quantitative estimate of drug-likeness (QED) is 0.823. The molecule has 21 heavy (non-hydrogen) atoms. The van der Waals surface area contributed by atoms with Crippen LogP contribution in [-0.4, -0.2) is 37.5 Å². The van der Waals surface area contributed by atoms with Gasteiger partial charge in [0.1, 0.15) is 0 Å². The van der Waals surface area contributed by atoms with Gasteiger partial charge in [-0.05, 0) is 17.7 Å². The van der Waals surface area contributed by atoms with Crippen LogP contribution in [-0.2, 0) is 20.7 Å². The van der Waals surface area contributed by atoms with Crippen molar-refractivity contribution >= 4 is 17.6 Å². The van der Waals surface area contributed by atoms with Crippen LogP contribution in [0.5, 0.6) is 0 Å². The van der Waals surface area contributed by atoms with Gasteiger partial charge in [-0.2, -0.15) is 0 Å². The molecule has 0 aromatic heterocycles. The van der Waals surface area contributed by atoms with Gasteiger partial charge in [0, 0.05) is 12.1 Å². The summed E-state index contributed by atoms with van der Waals surface area (Å²) in [5, 5.41) is 5.05. The van der Waals surface area contributed by atoms with Crippen LogP contribution in [0.4, 0.5) is 14.5 Å². The average Bonchev–Trinajstić information content (AvgIpc) is 2.79. The number of hydrogen-bond acceptors (Lipinski definition) is 4. The summed E-state index contributed by atoms with van der Waals surface area (Å²) in [4.78, 5) is 23.1. The van der Waals surface area contributed by atoms with E-state index in [9.17, 15) is 18.4 Å². The second kappa shape index (κ2) is 6.17. The minimum absolute atomic E-state index is 0.0833. The molecule has 0 spiro atoms. The topological polar surface area (TPSA) is 67.4 Å². The fourth-order valence-corrected chi connectivity index (χ4v) is 2.13. The zero-order valence-electron chi connectivity index (χ0n) is 11.5. The summed E-state index contributed by atoms with van der Waals surface area (Å²) < 4.78 is 30.7. The molecule has 1 aromatic rings. The molecule has 5 nitrogen and oxygen atoms in total. The summed E-state index contributed by atoms with van der Waals surface area (Å²) in [5.74, 6) is -3.76. The van der Waals surface area contributed by atoms with E-state index in [0.717, 1.165) is 0 Å². The van der Waals surface area contributed by atoms with Crippen LogP contribution in [0.25, 0.3) is 0 Å². The van der Waals surface area contributed by atoms with Crippen LogP contribution >= 0.6 is 0 Å². The first-order valence-corrected chi connectivity index (χ1v) is 6.47. The summed E-state index contributed by atoms with van der Waals surface area (Å²) in [6.07, 6.45) is -0.430. The highest BCUT2D eigenvalue weighted by atomic mass is 19.3. The predicted molar refractivity (Wildman–Crippen MR) is 72.1 cm³/mol. The van der Waals surface area contributed by atoms with Crippen molar-refractivity contribution in [3.8, 4) is 0 Å². The molecule has 1 heterocycles. The molecule has 0 bridgehead atoms. The number of carbonyl (C=O) groups excluding carboxylic acids is 2. The highest BCUT2D eigenvalue weighted by Crippen LogP contribution is 2.25. The first-order valence-electron chi connectivity index (χ1n) is 6.47. The smallest absolute Gasteiger partial charge is 0.309 e. The van der Waals surface area contributed by atoms with Crippen molar-refractivity contribution in [1.82, 2.24) is 5.32 Å². The summed E-state index contributed by atoms with van der Waals surface area (Å²) in [7, 11) is 1.29. The maximum atomic E-state index is 13.0. The molecular weight excluding hydrogens is 282 g/mol. The molecule has 1 amide bonds. The van der Waals surface area contributed by atoms with Crippen LogP contribution in [0.3, 0.4) is 0 Å². The molecule has 0 saturated carbocycles. The number of ether oxygens (including phenoxy) is 1. The lowest BCUT2D eigenvalue weighted by molar-refractivity contribution is -0.139.